The van der Waals surface area contributed by atoms with Crippen molar-refractivity contribution in [3.63, 3.8) is 0 Å². The van der Waals surface area contributed by atoms with Crippen LogP contribution in [0.2, 0.25) is 0 Å². The van der Waals surface area contributed by atoms with Crippen LogP contribution in [0.15, 0.2) is 18.2 Å². The Hall–Kier alpha value is -2.11. The Balaban J connectivity index is 2.85. The van der Waals surface area contributed by atoms with Gasteiger partial charge in [-0.2, -0.15) is 0 Å². The number of hydrogen-bond donors (Lipinski definition) is 2. The van der Waals surface area contributed by atoms with Crippen LogP contribution in [0.3, 0.4) is 0 Å². The Bertz CT molecular complexity index is 379. The van der Waals surface area contributed by atoms with Crippen molar-refractivity contribution in [2.24, 2.45) is 0 Å². The van der Waals surface area contributed by atoms with Gasteiger partial charge in [-0.3, -0.25) is 10.1 Å². The third-order valence-electron chi connectivity index (χ3n) is 1.80. The summed E-state index contributed by atoms with van der Waals surface area (Å²) >= 11 is 0. The second kappa shape index (κ2) is 4.94. The molecule has 0 aromatic heterocycles. The highest BCUT2D eigenvalue weighted by molar-refractivity contribution is 5.67. The maximum Gasteiger partial charge on any atom is 0.294 e. The molecule has 1 aromatic rings. The summed E-state index contributed by atoms with van der Waals surface area (Å²) in [7, 11) is 0. The predicted molar refractivity (Wildman–Crippen MR) is 56.7 cm³/mol. The highest BCUT2D eigenvalue weighted by Gasteiger charge is 2.12. The van der Waals surface area contributed by atoms with Gasteiger partial charge in [-0.15, -0.1) is 0 Å². The maximum absolute atomic E-state index is 10.6. The van der Waals surface area contributed by atoms with Gasteiger partial charge in [0, 0.05) is 24.7 Å². The molecule has 80 valence electrons. The van der Waals surface area contributed by atoms with E-state index in [-0.39, 0.29) is 5.69 Å². The van der Waals surface area contributed by atoms with Crippen LogP contribution in [0, 0.1) is 10.1 Å². The van der Waals surface area contributed by atoms with Gasteiger partial charge in [-0.1, -0.05) is 0 Å². The van der Waals surface area contributed by atoms with Crippen molar-refractivity contribution in [3.05, 3.63) is 28.3 Å². The molecule has 6 heteroatoms. The lowest BCUT2D eigenvalue weighted by Crippen LogP contribution is -2.05. The molecule has 0 aliphatic rings. The fraction of sp³-hybridized carbons (Fsp3) is 0.222. The molecule has 0 bridgehead atoms. The molecule has 0 spiro atoms. The standard InChI is InChI=1S/C9H11N3O3/c10-7-2-3-8(11-4-1-5-13)9(6-7)12(14)15/h2-3,5-6,11H,1,4,10H2. The number of anilines is 2. The van der Waals surface area contributed by atoms with E-state index < -0.39 is 4.92 Å². The minimum Gasteiger partial charge on any atom is -0.399 e. The first-order valence-electron chi connectivity index (χ1n) is 4.36. The first-order chi connectivity index (χ1) is 7.15. The van der Waals surface area contributed by atoms with Gasteiger partial charge in [0.1, 0.15) is 12.0 Å². The van der Waals surface area contributed by atoms with Crippen molar-refractivity contribution in [3.8, 4) is 0 Å². The number of nitro groups is 1. The molecule has 0 aliphatic heterocycles. The summed E-state index contributed by atoms with van der Waals surface area (Å²) < 4.78 is 0. The Kier molecular flexibility index (Phi) is 3.61. The number of nitrogens with two attached hydrogens (primary N) is 1. The smallest absolute Gasteiger partial charge is 0.294 e. The molecule has 0 fully saturated rings. The van der Waals surface area contributed by atoms with E-state index in [0.29, 0.717) is 24.3 Å². The van der Waals surface area contributed by atoms with E-state index in [1.807, 2.05) is 0 Å². The Morgan fingerprint density at radius 3 is 2.87 bits per heavy atom. The van der Waals surface area contributed by atoms with Crippen molar-refractivity contribution in [2.75, 3.05) is 17.6 Å². The van der Waals surface area contributed by atoms with E-state index in [0.717, 1.165) is 6.29 Å². The van der Waals surface area contributed by atoms with Gasteiger partial charge in [-0.25, -0.2) is 0 Å². The number of carbonyl (C=O) groups is 1. The average Bonchev–Trinajstić information content (AvgIpc) is 2.20. The van der Waals surface area contributed by atoms with Crippen LogP contribution in [-0.2, 0) is 4.79 Å². The van der Waals surface area contributed by atoms with Gasteiger partial charge >= 0.3 is 0 Å². The van der Waals surface area contributed by atoms with Gasteiger partial charge in [-0.05, 0) is 12.1 Å². The summed E-state index contributed by atoms with van der Waals surface area (Å²) in [4.78, 5) is 20.2. The fourth-order valence-corrected chi connectivity index (χ4v) is 1.11. The predicted octanol–water partition coefficient (Wildman–Crippen LogP) is 1.18. The Morgan fingerprint density at radius 1 is 1.53 bits per heavy atom. The molecule has 0 atom stereocenters. The normalized spacial score (nSPS) is 9.60. The van der Waals surface area contributed by atoms with Gasteiger partial charge < -0.3 is 15.8 Å². The quantitative estimate of drug-likeness (QED) is 0.249. The van der Waals surface area contributed by atoms with Crippen LogP contribution < -0.4 is 11.1 Å². The third kappa shape index (κ3) is 2.94. The van der Waals surface area contributed by atoms with Crippen LogP contribution >= 0.6 is 0 Å². The molecule has 15 heavy (non-hydrogen) atoms. The zero-order chi connectivity index (χ0) is 11.3. The van der Waals surface area contributed by atoms with Crippen molar-refractivity contribution >= 4 is 23.3 Å². The minimum absolute atomic E-state index is 0.0825. The van der Waals surface area contributed by atoms with E-state index in [4.69, 9.17) is 5.73 Å². The first-order valence-corrected chi connectivity index (χ1v) is 4.36. The van der Waals surface area contributed by atoms with E-state index in [9.17, 15) is 14.9 Å². The van der Waals surface area contributed by atoms with E-state index >= 15 is 0 Å². The molecule has 6 nitrogen and oxygen atoms in total. The lowest BCUT2D eigenvalue weighted by molar-refractivity contribution is -0.383. The zero-order valence-corrected chi connectivity index (χ0v) is 7.97. The van der Waals surface area contributed by atoms with E-state index in [2.05, 4.69) is 5.32 Å². The molecule has 0 heterocycles. The molecule has 0 aliphatic carbocycles. The summed E-state index contributed by atoms with van der Waals surface area (Å²) in [6, 6.07) is 4.37. The third-order valence-corrected chi connectivity index (χ3v) is 1.80. The molecular weight excluding hydrogens is 198 g/mol. The zero-order valence-electron chi connectivity index (χ0n) is 7.97. The molecule has 1 rings (SSSR count). The van der Waals surface area contributed by atoms with Crippen molar-refractivity contribution in [1.29, 1.82) is 0 Å². The van der Waals surface area contributed by atoms with Crippen molar-refractivity contribution in [1.82, 2.24) is 0 Å². The largest absolute Gasteiger partial charge is 0.399 e. The van der Waals surface area contributed by atoms with Gasteiger partial charge in [0.25, 0.3) is 5.69 Å². The lowest BCUT2D eigenvalue weighted by Gasteiger charge is -2.05. The van der Waals surface area contributed by atoms with Gasteiger partial charge in [0.2, 0.25) is 0 Å². The van der Waals surface area contributed by atoms with E-state index in [1.165, 1.54) is 12.1 Å². The first kappa shape index (κ1) is 11.0. The number of rotatable bonds is 5. The Labute approximate surface area is 86.2 Å². The number of nitrogen functional groups attached to an aromatic ring is 1. The minimum atomic E-state index is -0.514. The summed E-state index contributed by atoms with van der Waals surface area (Å²) in [5.41, 5.74) is 6.06. The fourth-order valence-electron chi connectivity index (χ4n) is 1.11. The molecule has 0 saturated carbocycles. The average molecular weight is 209 g/mol. The molecule has 1 aromatic carbocycles. The number of nitrogens with one attached hydrogen (secondary N) is 1. The summed E-state index contributed by atoms with van der Waals surface area (Å²) in [5.74, 6) is 0. The van der Waals surface area contributed by atoms with Crippen LogP contribution in [-0.4, -0.2) is 17.8 Å². The summed E-state index contributed by atoms with van der Waals surface area (Å²) in [6.45, 7) is 0.369. The second-order valence-corrected chi connectivity index (χ2v) is 2.92. The number of nitro benzene ring substituents is 1. The van der Waals surface area contributed by atoms with Crippen LogP contribution in [0.1, 0.15) is 6.42 Å². The molecule has 0 unspecified atom stereocenters. The van der Waals surface area contributed by atoms with Crippen molar-refractivity contribution in [2.45, 2.75) is 6.42 Å². The van der Waals surface area contributed by atoms with Crippen LogP contribution in [0.5, 0.6) is 0 Å². The number of carbonyl (C=O) groups excluding carboxylic acids is 1. The van der Waals surface area contributed by atoms with Crippen LogP contribution in [0.25, 0.3) is 0 Å². The SMILES string of the molecule is Nc1ccc(NCCC=O)c([N+](=O)[O-])c1. The Morgan fingerprint density at radius 2 is 2.27 bits per heavy atom. The van der Waals surface area contributed by atoms with E-state index in [1.54, 1.807) is 6.07 Å². The second-order valence-electron chi connectivity index (χ2n) is 2.92. The highest BCUT2D eigenvalue weighted by atomic mass is 16.6. The summed E-state index contributed by atoms with van der Waals surface area (Å²) in [5, 5.41) is 13.4. The number of hydrogen-bond acceptors (Lipinski definition) is 5. The molecule has 0 amide bonds. The monoisotopic (exact) mass is 209 g/mol. The maximum atomic E-state index is 10.6. The molecule has 0 radical (unpaired) electrons. The van der Waals surface area contributed by atoms with Crippen molar-refractivity contribution < 1.29 is 9.72 Å². The summed E-state index contributed by atoms with van der Waals surface area (Å²) in [6.07, 6.45) is 1.05. The highest BCUT2D eigenvalue weighted by Crippen LogP contribution is 2.26. The number of benzene rings is 1. The topological polar surface area (TPSA) is 98.3 Å². The lowest BCUT2D eigenvalue weighted by atomic mass is 10.2. The van der Waals surface area contributed by atoms with Crippen LogP contribution in [0.4, 0.5) is 17.1 Å². The molecular formula is C9H11N3O3. The van der Waals surface area contributed by atoms with Gasteiger partial charge in [0.15, 0.2) is 0 Å². The number of aldehydes is 1. The molecule has 0 saturated heterocycles. The number of nitrogens with zero attached hydrogens (tertiary/aromatic N) is 1. The van der Waals surface area contributed by atoms with Gasteiger partial charge in [0.05, 0.1) is 4.92 Å². The molecule has 3 N–H and O–H groups in total.